The molecule has 2 atom stereocenters. The van der Waals surface area contributed by atoms with E-state index in [0.29, 0.717) is 22.1 Å². The number of ether oxygens (including phenoxy) is 2. The van der Waals surface area contributed by atoms with Crippen molar-refractivity contribution >= 4 is 47.1 Å². The number of carboxylic acids is 1. The lowest BCUT2D eigenvalue weighted by Crippen LogP contribution is -2.70. The highest BCUT2D eigenvalue weighted by atomic mass is 35.5. The summed E-state index contributed by atoms with van der Waals surface area (Å²) in [6, 6.07) is 7.36. The molecule has 10 nitrogen and oxygen atoms in total. The molecule has 35 heavy (non-hydrogen) atoms. The predicted octanol–water partition coefficient (Wildman–Crippen LogP) is 2.74. The molecule has 2 N–H and O–H groups in total. The number of thioether (sulfide) groups is 1. The van der Waals surface area contributed by atoms with Crippen molar-refractivity contribution in [2.75, 3.05) is 12.4 Å². The number of aryl methyl sites for hydroxylation is 1. The summed E-state index contributed by atoms with van der Waals surface area (Å²) < 4.78 is 16.2. The van der Waals surface area contributed by atoms with Crippen molar-refractivity contribution in [3.8, 4) is 5.75 Å². The number of halogens is 1. The third kappa shape index (κ3) is 5.15. The number of carbonyl (C=O) groups is 4. The van der Waals surface area contributed by atoms with Crippen molar-refractivity contribution in [3.63, 3.8) is 0 Å². The molecule has 2 aromatic rings. The van der Waals surface area contributed by atoms with Gasteiger partial charge in [-0.3, -0.25) is 19.3 Å². The Bertz CT molecular complexity index is 1240. The second-order valence-corrected chi connectivity index (χ2v) is 9.40. The molecule has 2 aliphatic rings. The fourth-order valence-electron chi connectivity index (χ4n) is 3.70. The summed E-state index contributed by atoms with van der Waals surface area (Å²) in [4.78, 5) is 49.4. The molecule has 3 heterocycles. The number of carboxylic acid groups (broad SMARTS) is 1. The molecule has 0 bridgehead atoms. The Morgan fingerprint density at radius 2 is 2.03 bits per heavy atom. The van der Waals surface area contributed by atoms with Gasteiger partial charge in [-0.15, -0.1) is 11.8 Å². The quantitative estimate of drug-likeness (QED) is 0.397. The third-order valence-corrected chi connectivity index (χ3v) is 6.95. The molecule has 12 heteroatoms. The SMILES string of the molecule is CC(=O)OCC1=C(C(=O)O)N2C(=O)[C@H](NC(=O)c3ccc(COc4ccc(Cl)cc4C)o3)[C@@H]2SC1. The highest BCUT2D eigenvalue weighted by Gasteiger charge is 2.54. The maximum absolute atomic E-state index is 12.7. The van der Waals surface area contributed by atoms with Crippen molar-refractivity contribution in [2.24, 2.45) is 0 Å². The van der Waals surface area contributed by atoms with Gasteiger partial charge in [0, 0.05) is 23.3 Å². The average molecular weight is 521 g/mol. The first-order valence-corrected chi connectivity index (χ1v) is 11.9. The molecule has 0 spiro atoms. The second kappa shape index (κ2) is 10.0. The number of fused-ring (bicyclic) bond motifs is 1. The van der Waals surface area contributed by atoms with Crippen LogP contribution >= 0.6 is 23.4 Å². The number of nitrogens with one attached hydrogen (secondary N) is 1. The molecule has 0 aliphatic carbocycles. The van der Waals surface area contributed by atoms with Gasteiger partial charge in [0.15, 0.2) is 5.76 Å². The number of amides is 2. The summed E-state index contributed by atoms with van der Waals surface area (Å²) in [6.07, 6.45) is 0. The number of β-lactam (4-membered cyclic amide) rings is 1. The molecule has 1 aromatic carbocycles. The summed E-state index contributed by atoms with van der Waals surface area (Å²) in [5, 5.41) is 12.2. The first-order valence-electron chi connectivity index (χ1n) is 10.5. The van der Waals surface area contributed by atoms with Crippen LogP contribution < -0.4 is 10.1 Å². The number of carbonyl (C=O) groups excluding carboxylic acids is 3. The van der Waals surface area contributed by atoms with Gasteiger partial charge < -0.3 is 24.3 Å². The molecule has 4 rings (SSSR count). The van der Waals surface area contributed by atoms with Gasteiger partial charge in [-0.2, -0.15) is 0 Å². The van der Waals surface area contributed by atoms with Crippen LogP contribution in [0.5, 0.6) is 5.75 Å². The van der Waals surface area contributed by atoms with Crippen LogP contribution in [-0.4, -0.2) is 57.5 Å². The van der Waals surface area contributed by atoms with Gasteiger partial charge in [-0.25, -0.2) is 4.79 Å². The molecule has 2 aliphatic heterocycles. The summed E-state index contributed by atoms with van der Waals surface area (Å²) in [5.74, 6) is -1.77. The molecule has 0 saturated carbocycles. The normalized spacial score (nSPS) is 19.1. The highest BCUT2D eigenvalue weighted by Crippen LogP contribution is 2.40. The van der Waals surface area contributed by atoms with E-state index in [0.717, 1.165) is 10.5 Å². The lowest BCUT2D eigenvalue weighted by atomic mass is 10.0. The Hall–Kier alpha value is -3.44. The van der Waals surface area contributed by atoms with E-state index in [2.05, 4.69) is 5.32 Å². The van der Waals surface area contributed by atoms with Gasteiger partial charge in [-0.05, 0) is 42.8 Å². The minimum atomic E-state index is -1.30. The van der Waals surface area contributed by atoms with E-state index < -0.39 is 35.2 Å². The number of hydrogen-bond acceptors (Lipinski definition) is 8. The van der Waals surface area contributed by atoms with Crippen LogP contribution in [0.3, 0.4) is 0 Å². The van der Waals surface area contributed by atoms with Gasteiger partial charge in [0.05, 0.1) is 0 Å². The van der Waals surface area contributed by atoms with E-state index in [1.165, 1.54) is 24.8 Å². The van der Waals surface area contributed by atoms with Crippen LogP contribution in [0.2, 0.25) is 5.02 Å². The maximum Gasteiger partial charge on any atom is 0.352 e. The van der Waals surface area contributed by atoms with Crippen LogP contribution in [0, 0.1) is 6.92 Å². The van der Waals surface area contributed by atoms with Crippen LogP contribution in [0.15, 0.2) is 46.0 Å². The van der Waals surface area contributed by atoms with E-state index in [1.807, 2.05) is 6.92 Å². The van der Waals surface area contributed by atoms with Crippen molar-refractivity contribution in [2.45, 2.75) is 31.9 Å². The van der Waals surface area contributed by atoms with E-state index in [-0.39, 0.29) is 30.4 Å². The van der Waals surface area contributed by atoms with E-state index >= 15 is 0 Å². The van der Waals surface area contributed by atoms with Crippen molar-refractivity contribution in [3.05, 3.63) is 63.7 Å². The van der Waals surface area contributed by atoms with Crippen molar-refractivity contribution in [1.29, 1.82) is 0 Å². The Balaban J connectivity index is 1.38. The summed E-state index contributed by atoms with van der Waals surface area (Å²) >= 11 is 7.22. The predicted molar refractivity (Wildman–Crippen MR) is 125 cm³/mol. The molecule has 0 radical (unpaired) electrons. The molecule has 2 amide bonds. The monoisotopic (exact) mass is 520 g/mol. The van der Waals surface area contributed by atoms with E-state index in [9.17, 15) is 24.3 Å². The maximum atomic E-state index is 12.7. The molecule has 184 valence electrons. The summed E-state index contributed by atoms with van der Waals surface area (Å²) in [5.41, 5.74) is 0.949. The molecular weight excluding hydrogens is 500 g/mol. The van der Waals surface area contributed by atoms with Gasteiger partial charge in [0.1, 0.15) is 41.8 Å². The second-order valence-electron chi connectivity index (χ2n) is 7.86. The first kappa shape index (κ1) is 24.7. The molecule has 0 unspecified atom stereocenters. The van der Waals surface area contributed by atoms with Gasteiger partial charge in [-0.1, -0.05) is 11.6 Å². The van der Waals surface area contributed by atoms with Crippen molar-refractivity contribution < 1.29 is 38.2 Å². The Morgan fingerprint density at radius 1 is 1.26 bits per heavy atom. The minimum Gasteiger partial charge on any atom is -0.485 e. The number of hydrogen-bond donors (Lipinski definition) is 2. The van der Waals surface area contributed by atoms with Crippen LogP contribution in [0.25, 0.3) is 0 Å². The summed E-state index contributed by atoms with van der Waals surface area (Å²) in [6.45, 7) is 2.94. The molecular formula is C23H21ClN2O8S. The smallest absolute Gasteiger partial charge is 0.352 e. The topological polar surface area (TPSA) is 135 Å². The zero-order valence-corrected chi connectivity index (χ0v) is 20.3. The fourth-order valence-corrected chi connectivity index (χ4v) is 5.25. The van der Waals surface area contributed by atoms with Crippen molar-refractivity contribution in [1.82, 2.24) is 10.2 Å². The van der Waals surface area contributed by atoms with Crippen LogP contribution in [0.4, 0.5) is 0 Å². The lowest BCUT2D eigenvalue weighted by molar-refractivity contribution is -0.149. The first-order chi connectivity index (χ1) is 16.7. The Morgan fingerprint density at radius 3 is 2.71 bits per heavy atom. The molecule has 1 fully saturated rings. The lowest BCUT2D eigenvalue weighted by Gasteiger charge is -2.49. The van der Waals surface area contributed by atoms with E-state index in [1.54, 1.807) is 24.3 Å². The standard InChI is InChI=1S/C23H21ClN2O8S/c1-11-7-14(24)3-5-16(11)33-9-15-4-6-17(34-15)20(28)25-18-21(29)26-19(23(30)31)13(8-32-12(2)27)10-35-22(18)26/h3-7,18,22H,8-10H2,1-2H3,(H,25,28)(H,30,31)/t18-,22-/m0/s1. The molecule has 1 saturated heterocycles. The zero-order valence-electron chi connectivity index (χ0n) is 18.7. The fraction of sp³-hybridized carbons (Fsp3) is 0.304. The zero-order chi connectivity index (χ0) is 25.3. The summed E-state index contributed by atoms with van der Waals surface area (Å²) in [7, 11) is 0. The number of benzene rings is 1. The van der Waals surface area contributed by atoms with Gasteiger partial charge >= 0.3 is 11.9 Å². The number of rotatable bonds is 8. The van der Waals surface area contributed by atoms with Gasteiger partial charge in [0.2, 0.25) is 0 Å². The number of aliphatic carboxylic acids is 1. The van der Waals surface area contributed by atoms with Gasteiger partial charge in [0.25, 0.3) is 11.8 Å². The number of esters is 1. The average Bonchev–Trinajstić information content (AvgIpc) is 3.28. The largest absolute Gasteiger partial charge is 0.485 e. The third-order valence-electron chi connectivity index (χ3n) is 5.38. The minimum absolute atomic E-state index is 0.00645. The Kier molecular flexibility index (Phi) is 7.08. The number of nitrogens with zero attached hydrogens (tertiary/aromatic N) is 1. The number of furan rings is 1. The van der Waals surface area contributed by atoms with E-state index in [4.69, 9.17) is 25.5 Å². The Labute approximate surface area is 209 Å². The molecule has 1 aromatic heterocycles. The highest BCUT2D eigenvalue weighted by molar-refractivity contribution is 8.00. The van der Waals surface area contributed by atoms with Crippen LogP contribution in [-0.2, 0) is 25.7 Å². The van der Waals surface area contributed by atoms with Crippen LogP contribution in [0.1, 0.15) is 28.8 Å².